The van der Waals surface area contributed by atoms with E-state index in [1.165, 1.54) is 38.6 Å². The summed E-state index contributed by atoms with van der Waals surface area (Å²) >= 11 is 0. The van der Waals surface area contributed by atoms with Crippen LogP contribution in [0.2, 0.25) is 0 Å². The van der Waals surface area contributed by atoms with E-state index < -0.39 is 5.97 Å². The maximum atomic E-state index is 10.7. The zero-order valence-corrected chi connectivity index (χ0v) is 11.3. The molecule has 0 spiro atoms. The molecule has 0 aromatic rings. The molecule has 4 heteroatoms. The minimum absolute atomic E-state index is 0.205. The molecule has 0 radical (unpaired) electrons. The molecule has 0 aromatic carbocycles. The molecule has 1 saturated heterocycles. The Morgan fingerprint density at radius 2 is 1.67 bits per heavy atom. The van der Waals surface area contributed by atoms with Gasteiger partial charge in [-0.05, 0) is 31.8 Å². The molecule has 1 N–H and O–H groups in total. The quantitative estimate of drug-likeness (QED) is 0.810. The first kappa shape index (κ1) is 13.8. The Morgan fingerprint density at radius 1 is 1.00 bits per heavy atom. The summed E-state index contributed by atoms with van der Waals surface area (Å²) < 4.78 is 0. The molecule has 2 rings (SSSR count). The Bertz CT molecular complexity index is 265. The van der Waals surface area contributed by atoms with Gasteiger partial charge in [-0.25, -0.2) is 0 Å². The van der Waals surface area contributed by atoms with Crippen molar-refractivity contribution in [2.75, 3.05) is 39.3 Å². The predicted molar refractivity (Wildman–Crippen MR) is 71.7 cm³/mol. The molecule has 0 unspecified atom stereocenters. The highest BCUT2D eigenvalue weighted by Crippen LogP contribution is 2.27. The summed E-state index contributed by atoms with van der Waals surface area (Å²) in [6, 6.07) is 0. The number of nitrogens with zero attached hydrogens (tertiary/aromatic N) is 2. The summed E-state index contributed by atoms with van der Waals surface area (Å²) in [5, 5.41) is 8.82. The number of hydrogen-bond acceptors (Lipinski definition) is 3. The summed E-state index contributed by atoms with van der Waals surface area (Å²) in [7, 11) is 0. The lowest BCUT2D eigenvalue weighted by Crippen LogP contribution is -2.34. The summed E-state index contributed by atoms with van der Waals surface area (Å²) in [5.74, 6) is 0.262. The van der Waals surface area contributed by atoms with Crippen LogP contribution in [-0.2, 0) is 4.79 Å². The number of hydrogen-bond donors (Lipinski definition) is 1. The van der Waals surface area contributed by atoms with Gasteiger partial charge in [0.15, 0.2) is 0 Å². The molecule has 2 fully saturated rings. The number of rotatable bonds is 5. The Kier molecular flexibility index (Phi) is 5.45. The van der Waals surface area contributed by atoms with Gasteiger partial charge < -0.3 is 10.0 Å². The van der Waals surface area contributed by atoms with Crippen LogP contribution in [-0.4, -0.2) is 60.1 Å². The topological polar surface area (TPSA) is 43.8 Å². The highest BCUT2D eigenvalue weighted by atomic mass is 16.4. The largest absolute Gasteiger partial charge is 0.480 e. The van der Waals surface area contributed by atoms with Crippen molar-refractivity contribution >= 4 is 5.97 Å². The Hall–Kier alpha value is -0.610. The number of carboxylic acid groups (broad SMARTS) is 1. The lowest BCUT2D eigenvalue weighted by atomic mass is 10.0. The van der Waals surface area contributed by atoms with Gasteiger partial charge in [0, 0.05) is 19.6 Å². The summed E-state index contributed by atoms with van der Waals surface area (Å²) in [6.07, 6.45) is 8.17. The van der Waals surface area contributed by atoms with Gasteiger partial charge >= 0.3 is 5.97 Å². The highest BCUT2D eigenvalue weighted by Gasteiger charge is 2.19. The van der Waals surface area contributed by atoms with E-state index in [0.717, 1.165) is 38.5 Å². The molecule has 4 nitrogen and oxygen atoms in total. The van der Waals surface area contributed by atoms with Gasteiger partial charge in [-0.3, -0.25) is 9.69 Å². The van der Waals surface area contributed by atoms with Crippen LogP contribution in [0.1, 0.15) is 38.5 Å². The van der Waals surface area contributed by atoms with Gasteiger partial charge in [-0.1, -0.05) is 25.7 Å². The molecule has 1 aliphatic carbocycles. The van der Waals surface area contributed by atoms with Crippen LogP contribution >= 0.6 is 0 Å². The van der Waals surface area contributed by atoms with Crippen molar-refractivity contribution in [2.45, 2.75) is 38.5 Å². The second-order valence-corrected chi connectivity index (χ2v) is 5.80. The minimum atomic E-state index is -0.700. The van der Waals surface area contributed by atoms with Gasteiger partial charge in [-0.15, -0.1) is 0 Å². The van der Waals surface area contributed by atoms with Crippen LogP contribution < -0.4 is 0 Å². The second kappa shape index (κ2) is 7.10. The highest BCUT2D eigenvalue weighted by molar-refractivity contribution is 5.69. The van der Waals surface area contributed by atoms with Crippen LogP contribution in [0, 0.1) is 5.92 Å². The van der Waals surface area contributed by atoms with Gasteiger partial charge in [0.05, 0.1) is 6.54 Å². The molecule has 1 saturated carbocycles. The molecule has 1 heterocycles. The summed E-state index contributed by atoms with van der Waals surface area (Å²) in [5.41, 5.74) is 0. The Labute approximate surface area is 110 Å². The standard InChI is InChI=1S/C14H26N2O2/c17-14(18)12-16-8-3-7-15(10-11-16)9-6-13-4-1-2-5-13/h13H,1-12H2,(H,17,18). The van der Waals surface area contributed by atoms with Crippen LogP contribution in [0.5, 0.6) is 0 Å². The summed E-state index contributed by atoms with van der Waals surface area (Å²) in [4.78, 5) is 15.3. The molecule has 2 aliphatic rings. The van der Waals surface area contributed by atoms with E-state index in [4.69, 9.17) is 5.11 Å². The first-order chi connectivity index (χ1) is 8.74. The van der Waals surface area contributed by atoms with Crippen molar-refractivity contribution in [2.24, 2.45) is 5.92 Å². The van der Waals surface area contributed by atoms with Crippen molar-refractivity contribution in [3.8, 4) is 0 Å². The molecule has 1 aliphatic heterocycles. The first-order valence-electron chi connectivity index (χ1n) is 7.40. The third-order valence-electron chi connectivity index (χ3n) is 4.37. The SMILES string of the molecule is O=C(O)CN1CCCN(CCC2CCCC2)CC1. The molecule has 104 valence electrons. The van der Waals surface area contributed by atoms with Crippen LogP contribution in [0.3, 0.4) is 0 Å². The fourth-order valence-electron chi connectivity index (χ4n) is 3.26. The van der Waals surface area contributed by atoms with E-state index in [1.54, 1.807) is 0 Å². The fraction of sp³-hybridized carbons (Fsp3) is 0.929. The zero-order chi connectivity index (χ0) is 12.8. The van der Waals surface area contributed by atoms with E-state index in [0.29, 0.717) is 0 Å². The first-order valence-corrected chi connectivity index (χ1v) is 7.40. The van der Waals surface area contributed by atoms with E-state index in [-0.39, 0.29) is 6.54 Å². The normalized spacial score (nSPS) is 24.2. The smallest absolute Gasteiger partial charge is 0.317 e. The minimum Gasteiger partial charge on any atom is -0.480 e. The predicted octanol–water partition coefficient (Wildman–Crippen LogP) is 1.66. The van der Waals surface area contributed by atoms with Crippen LogP contribution in [0.25, 0.3) is 0 Å². The van der Waals surface area contributed by atoms with E-state index >= 15 is 0 Å². The third-order valence-corrected chi connectivity index (χ3v) is 4.37. The second-order valence-electron chi connectivity index (χ2n) is 5.80. The number of aliphatic carboxylic acids is 1. The van der Waals surface area contributed by atoms with Gasteiger partial charge in [0.2, 0.25) is 0 Å². The van der Waals surface area contributed by atoms with Crippen LogP contribution in [0.15, 0.2) is 0 Å². The van der Waals surface area contributed by atoms with Gasteiger partial charge in [0.1, 0.15) is 0 Å². The average Bonchev–Trinajstić information content (AvgIpc) is 2.75. The van der Waals surface area contributed by atoms with E-state index in [2.05, 4.69) is 9.80 Å². The maximum absolute atomic E-state index is 10.7. The molecule has 0 aromatic heterocycles. The van der Waals surface area contributed by atoms with Crippen molar-refractivity contribution in [3.63, 3.8) is 0 Å². The molecule has 0 atom stereocenters. The van der Waals surface area contributed by atoms with Crippen molar-refractivity contribution in [3.05, 3.63) is 0 Å². The van der Waals surface area contributed by atoms with Crippen molar-refractivity contribution in [1.82, 2.24) is 9.80 Å². The Morgan fingerprint density at radius 3 is 2.39 bits per heavy atom. The van der Waals surface area contributed by atoms with Crippen molar-refractivity contribution < 1.29 is 9.90 Å². The van der Waals surface area contributed by atoms with Gasteiger partial charge in [-0.2, -0.15) is 0 Å². The molecule has 18 heavy (non-hydrogen) atoms. The Balaban J connectivity index is 1.66. The van der Waals surface area contributed by atoms with E-state index in [1.807, 2.05) is 0 Å². The number of carbonyl (C=O) groups is 1. The number of carboxylic acids is 1. The fourth-order valence-corrected chi connectivity index (χ4v) is 3.26. The molecular weight excluding hydrogens is 228 g/mol. The lowest BCUT2D eigenvalue weighted by molar-refractivity contribution is -0.138. The van der Waals surface area contributed by atoms with Gasteiger partial charge in [0.25, 0.3) is 0 Å². The maximum Gasteiger partial charge on any atom is 0.317 e. The average molecular weight is 254 g/mol. The molecule has 0 bridgehead atoms. The molecule has 0 amide bonds. The lowest BCUT2D eigenvalue weighted by Gasteiger charge is -2.22. The zero-order valence-electron chi connectivity index (χ0n) is 11.3. The summed E-state index contributed by atoms with van der Waals surface area (Å²) in [6.45, 7) is 5.45. The monoisotopic (exact) mass is 254 g/mol. The van der Waals surface area contributed by atoms with Crippen molar-refractivity contribution in [1.29, 1.82) is 0 Å². The van der Waals surface area contributed by atoms with Crippen LogP contribution in [0.4, 0.5) is 0 Å². The third kappa shape index (κ3) is 4.58. The van der Waals surface area contributed by atoms with E-state index in [9.17, 15) is 4.79 Å². The molecular formula is C14H26N2O2.